The number of hydrogen-bond donors (Lipinski definition) is 1. The van der Waals surface area contributed by atoms with E-state index in [1.165, 1.54) is 0 Å². The van der Waals surface area contributed by atoms with E-state index in [1.54, 1.807) is 12.1 Å². The van der Waals surface area contributed by atoms with E-state index in [-0.39, 0.29) is 28.9 Å². The lowest BCUT2D eigenvalue weighted by Gasteiger charge is -2.34. The molecule has 44 heavy (non-hydrogen) atoms. The van der Waals surface area contributed by atoms with Crippen molar-refractivity contribution in [3.05, 3.63) is 28.8 Å². The van der Waals surface area contributed by atoms with E-state index in [2.05, 4.69) is 0 Å². The Labute approximate surface area is 258 Å². The van der Waals surface area contributed by atoms with Crippen LogP contribution in [0.1, 0.15) is 131 Å². The highest BCUT2D eigenvalue weighted by Gasteiger charge is 2.83. The van der Waals surface area contributed by atoms with Gasteiger partial charge in [-0.15, -0.1) is 0 Å². The average molecular weight is 696 g/mol. The third-order valence-electron chi connectivity index (χ3n) is 9.14. The Balaban J connectivity index is 1.85. The molecule has 0 aliphatic heterocycles. The average Bonchev–Trinajstić information content (AvgIpc) is 2.97. The Bertz CT molecular complexity index is 1330. The zero-order chi connectivity index (χ0) is 32.6. The molecule has 1 N–H and O–H groups in total. The number of halogens is 6. The standard InChI is InChI=1S/C28H39F6NO6S3/c1-42(36)35-43(37,38)27(31,32)26(29,30)28(33,34)44(39,40)41-25-23(20-13-7-3-8-14-20)17-22(19-11-5-2-6-12-19)18-24(25)21-15-9-4-10-16-21/h17-21,35H,2-16H2,1H3. The number of rotatable bonds is 11. The molecule has 3 saturated carbocycles. The predicted octanol–water partition coefficient (Wildman–Crippen LogP) is 7.57. The highest BCUT2D eigenvalue weighted by molar-refractivity contribution is 8.04. The number of alkyl halides is 6. The van der Waals surface area contributed by atoms with Gasteiger partial charge in [0.2, 0.25) is 0 Å². The number of hydrogen-bond acceptors (Lipinski definition) is 6. The highest BCUT2D eigenvalue weighted by Crippen LogP contribution is 2.53. The molecule has 7 nitrogen and oxygen atoms in total. The van der Waals surface area contributed by atoms with Gasteiger partial charge in [0.1, 0.15) is 12.0 Å². The molecule has 0 amide bonds. The van der Waals surface area contributed by atoms with Gasteiger partial charge in [0, 0.05) is 0 Å². The second kappa shape index (κ2) is 13.5. The molecule has 3 aliphatic rings. The van der Waals surface area contributed by atoms with Crippen LogP contribution in [0.2, 0.25) is 0 Å². The van der Waals surface area contributed by atoms with Crippen LogP contribution in [0.5, 0.6) is 5.75 Å². The molecule has 0 aromatic heterocycles. The maximum atomic E-state index is 15.2. The summed E-state index contributed by atoms with van der Waals surface area (Å²) >= 11 is -2.89. The number of nitrogens with one attached hydrogen (secondary N) is 1. The van der Waals surface area contributed by atoms with Crippen molar-refractivity contribution in [1.29, 1.82) is 0 Å². The largest absolute Gasteiger partial charge is 0.598 e. The maximum Gasteiger partial charge on any atom is 0.450 e. The van der Waals surface area contributed by atoms with Crippen molar-refractivity contribution in [2.75, 3.05) is 6.26 Å². The van der Waals surface area contributed by atoms with Gasteiger partial charge < -0.3 is 8.74 Å². The minimum atomic E-state index is -7.01. The summed E-state index contributed by atoms with van der Waals surface area (Å²) < 4.78 is 156. The van der Waals surface area contributed by atoms with Crippen molar-refractivity contribution in [1.82, 2.24) is 4.13 Å². The molecule has 3 fully saturated rings. The third-order valence-corrected chi connectivity index (χ3v) is 13.2. The summed E-state index contributed by atoms with van der Waals surface area (Å²) in [5.74, 6) is -8.09. The molecule has 0 spiro atoms. The van der Waals surface area contributed by atoms with Crippen molar-refractivity contribution in [2.24, 2.45) is 0 Å². The van der Waals surface area contributed by atoms with Gasteiger partial charge in [0.15, 0.2) is 0 Å². The van der Waals surface area contributed by atoms with Gasteiger partial charge in [-0.05, 0) is 77.1 Å². The molecule has 16 heteroatoms. The molecule has 0 bridgehead atoms. The van der Waals surface area contributed by atoms with E-state index < -0.39 is 53.7 Å². The van der Waals surface area contributed by atoms with Crippen LogP contribution in [0, 0.1) is 0 Å². The van der Waals surface area contributed by atoms with Crippen molar-refractivity contribution in [2.45, 2.75) is 130 Å². The Kier molecular flexibility index (Phi) is 10.9. The molecular formula is C28H39F6NO6S3. The molecule has 0 heterocycles. The number of sulfonamides is 1. The maximum absolute atomic E-state index is 15.2. The quantitative estimate of drug-likeness (QED) is 0.145. The summed E-state index contributed by atoms with van der Waals surface area (Å²) in [6.45, 7) is 0. The van der Waals surface area contributed by atoms with Gasteiger partial charge in [-0.2, -0.15) is 34.8 Å². The highest BCUT2D eigenvalue weighted by atomic mass is 32.3. The minimum Gasteiger partial charge on any atom is -0.598 e. The monoisotopic (exact) mass is 695 g/mol. The summed E-state index contributed by atoms with van der Waals surface area (Å²) in [6, 6.07) is 3.41. The van der Waals surface area contributed by atoms with Crippen LogP contribution < -0.4 is 8.31 Å². The smallest absolute Gasteiger partial charge is 0.450 e. The van der Waals surface area contributed by atoms with E-state index in [0.717, 1.165) is 76.2 Å². The normalized spacial score (nSPS) is 21.7. The molecule has 4 rings (SSSR count). The van der Waals surface area contributed by atoms with E-state index in [4.69, 9.17) is 4.18 Å². The topological polar surface area (TPSA) is 113 Å². The molecule has 0 radical (unpaired) electrons. The van der Waals surface area contributed by atoms with Crippen LogP contribution in [0.4, 0.5) is 26.3 Å². The molecule has 0 saturated heterocycles. The van der Waals surface area contributed by atoms with Gasteiger partial charge in [-0.3, -0.25) is 0 Å². The molecule has 3 aliphatic carbocycles. The van der Waals surface area contributed by atoms with Crippen LogP contribution in [0.3, 0.4) is 0 Å². The minimum absolute atomic E-state index is 0.130. The van der Waals surface area contributed by atoms with E-state index >= 15 is 8.78 Å². The van der Waals surface area contributed by atoms with Crippen molar-refractivity contribution >= 4 is 31.5 Å². The third kappa shape index (κ3) is 6.89. The fraction of sp³-hybridized carbons (Fsp3) is 0.786. The zero-order valence-corrected chi connectivity index (χ0v) is 26.9. The lowest BCUT2D eigenvalue weighted by atomic mass is 9.75. The number of benzene rings is 1. The van der Waals surface area contributed by atoms with Crippen LogP contribution in [0.15, 0.2) is 12.1 Å². The molecule has 1 unspecified atom stereocenters. The van der Waals surface area contributed by atoms with Crippen LogP contribution >= 0.6 is 0 Å². The first-order valence-corrected chi connectivity index (χ1v) is 19.5. The summed E-state index contributed by atoms with van der Waals surface area (Å²) in [6.07, 6.45) is 12.3. The van der Waals surface area contributed by atoms with Crippen LogP contribution in [-0.2, 0) is 31.5 Å². The fourth-order valence-corrected chi connectivity index (χ4v) is 9.91. The first kappa shape index (κ1) is 35.6. The van der Waals surface area contributed by atoms with E-state index in [1.807, 2.05) is 0 Å². The van der Waals surface area contributed by atoms with E-state index in [0.29, 0.717) is 36.1 Å². The second-order valence-corrected chi connectivity index (χ2v) is 16.9. The Morgan fingerprint density at radius 1 is 0.705 bits per heavy atom. The molecule has 252 valence electrons. The molecule has 1 atom stereocenters. The van der Waals surface area contributed by atoms with Crippen molar-refractivity contribution < 1.29 is 51.9 Å². The van der Waals surface area contributed by atoms with Crippen molar-refractivity contribution in [3.63, 3.8) is 0 Å². The summed E-state index contributed by atoms with van der Waals surface area (Å²) in [4.78, 5) is 0. The second-order valence-electron chi connectivity index (χ2n) is 12.2. The Morgan fingerprint density at radius 2 is 1.09 bits per heavy atom. The summed E-state index contributed by atoms with van der Waals surface area (Å²) in [7, 11) is -13.7. The molecular weight excluding hydrogens is 656 g/mol. The van der Waals surface area contributed by atoms with Gasteiger partial charge in [-0.25, -0.2) is 8.42 Å². The van der Waals surface area contributed by atoms with Gasteiger partial charge >= 0.3 is 36.6 Å². The SMILES string of the molecule is C[S+]([O-])NS(=O)(=O)C(F)(F)C(F)(F)C(F)(F)S(=O)(=O)Oc1c(C2CCCCC2)cc(C2CCCCC2)cc1C1CCCCC1. The van der Waals surface area contributed by atoms with Crippen LogP contribution in [0.25, 0.3) is 0 Å². The zero-order valence-electron chi connectivity index (χ0n) is 24.4. The molecule has 1 aromatic carbocycles. The van der Waals surface area contributed by atoms with Gasteiger partial charge in [-0.1, -0.05) is 69.9 Å². The fourth-order valence-electron chi connectivity index (χ4n) is 6.76. The molecule has 1 aromatic rings. The Morgan fingerprint density at radius 3 is 1.48 bits per heavy atom. The summed E-state index contributed by atoms with van der Waals surface area (Å²) in [5.41, 5.74) is 1.45. The first-order chi connectivity index (χ1) is 20.4. The van der Waals surface area contributed by atoms with Gasteiger partial charge in [0.05, 0.1) is 11.4 Å². The van der Waals surface area contributed by atoms with Gasteiger partial charge in [0.25, 0.3) is 0 Å². The lowest BCUT2D eigenvalue weighted by Crippen LogP contribution is -2.63. The lowest BCUT2D eigenvalue weighted by molar-refractivity contribution is -0.245. The Hall–Kier alpha value is -1.23. The van der Waals surface area contributed by atoms with Crippen LogP contribution in [-0.4, -0.2) is 44.1 Å². The van der Waals surface area contributed by atoms with E-state index in [9.17, 15) is 39.0 Å². The summed E-state index contributed by atoms with van der Waals surface area (Å²) in [5, 5.41) is -13.4. The predicted molar refractivity (Wildman–Crippen MR) is 154 cm³/mol. The van der Waals surface area contributed by atoms with Crippen molar-refractivity contribution in [3.8, 4) is 5.75 Å². The first-order valence-electron chi connectivity index (χ1n) is 15.0.